The molecule has 1 N–H and O–H groups in total. The molecule has 1 saturated heterocycles. The lowest BCUT2D eigenvalue weighted by atomic mass is 10.1. The molecule has 0 amide bonds. The highest BCUT2D eigenvalue weighted by molar-refractivity contribution is 7.13. The van der Waals surface area contributed by atoms with Crippen LogP contribution in [-0.2, 0) is 17.7 Å². The van der Waals surface area contributed by atoms with Crippen LogP contribution < -0.4 is 20.5 Å². The normalized spacial score (nSPS) is 17.9. The second kappa shape index (κ2) is 10.8. The molecular weight excluding hydrogens is 474 g/mol. The van der Waals surface area contributed by atoms with E-state index in [1.165, 1.54) is 0 Å². The zero-order valence-corrected chi connectivity index (χ0v) is 21.4. The SMILES string of the molecule is CCO[C@H]1CN(c2nccs2)C[C@H]1Nc1c(CC)nc(-c2ccc(OC)cc2Cl)n(CC)c1=O. The smallest absolute Gasteiger partial charge is 0.277 e. The van der Waals surface area contributed by atoms with Gasteiger partial charge in [-0.2, -0.15) is 0 Å². The van der Waals surface area contributed by atoms with Crippen molar-refractivity contribution in [3.05, 3.63) is 50.8 Å². The van der Waals surface area contributed by atoms with Crippen LogP contribution in [0.1, 0.15) is 26.5 Å². The van der Waals surface area contributed by atoms with Gasteiger partial charge in [0.15, 0.2) is 5.13 Å². The van der Waals surface area contributed by atoms with E-state index in [-0.39, 0.29) is 17.7 Å². The molecule has 182 valence electrons. The van der Waals surface area contributed by atoms with Crippen molar-refractivity contribution in [2.45, 2.75) is 45.9 Å². The molecule has 0 saturated carbocycles. The first-order valence-electron chi connectivity index (χ1n) is 11.5. The van der Waals surface area contributed by atoms with Crippen molar-refractivity contribution < 1.29 is 9.47 Å². The fourth-order valence-electron chi connectivity index (χ4n) is 4.31. The summed E-state index contributed by atoms with van der Waals surface area (Å²) in [4.78, 5) is 25.2. The summed E-state index contributed by atoms with van der Waals surface area (Å²) in [6, 6.07) is 5.34. The Hall–Kier alpha value is -2.62. The van der Waals surface area contributed by atoms with Crippen LogP contribution >= 0.6 is 22.9 Å². The van der Waals surface area contributed by atoms with E-state index in [4.69, 9.17) is 26.1 Å². The molecule has 0 bridgehead atoms. The van der Waals surface area contributed by atoms with Crippen LogP contribution in [-0.4, -0.2) is 53.5 Å². The van der Waals surface area contributed by atoms with Gasteiger partial charge in [-0.05, 0) is 38.5 Å². The number of halogens is 1. The summed E-state index contributed by atoms with van der Waals surface area (Å²) in [6.07, 6.45) is 2.34. The van der Waals surface area contributed by atoms with Crippen molar-refractivity contribution in [3.63, 3.8) is 0 Å². The number of hydrogen-bond acceptors (Lipinski definition) is 8. The van der Waals surface area contributed by atoms with Gasteiger partial charge in [0.2, 0.25) is 0 Å². The fraction of sp³-hybridized carbons (Fsp3) is 0.458. The average molecular weight is 504 g/mol. The summed E-state index contributed by atoms with van der Waals surface area (Å²) in [6.45, 7) is 8.39. The molecular formula is C24H30ClN5O3S. The molecule has 3 aromatic rings. The fourth-order valence-corrected chi connectivity index (χ4v) is 5.23. The molecule has 3 heterocycles. The molecule has 1 fully saturated rings. The number of ether oxygens (including phenoxy) is 2. The number of rotatable bonds is 9. The van der Waals surface area contributed by atoms with Crippen LogP contribution in [0.25, 0.3) is 11.4 Å². The van der Waals surface area contributed by atoms with E-state index >= 15 is 0 Å². The molecule has 1 aliphatic rings. The van der Waals surface area contributed by atoms with Gasteiger partial charge in [0.05, 0.1) is 30.0 Å². The Kier molecular flexibility index (Phi) is 7.75. The van der Waals surface area contributed by atoms with Gasteiger partial charge in [-0.3, -0.25) is 9.36 Å². The van der Waals surface area contributed by atoms with Crippen molar-refractivity contribution in [3.8, 4) is 17.1 Å². The van der Waals surface area contributed by atoms with E-state index in [0.717, 1.165) is 11.7 Å². The lowest BCUT2D eigenvalue weighted by molar-refractivity contribution is 0.0720. The molecule has 0 aliphatic carbocycles. The molecule has 4 rings (SSSR count). The highest BCUT2D eigenvalue weighted by Crippen LogP contribution is 2.31. The maximum atomic E-state index is 13.7. The summed E-state index contributed by atoms with van der Waals surface area (Å²) in [5, 5.41) is 6.91. The van der Waals surface area contributed by atoms with E-state index < -0.39 is 0 Å². The van der Waals surface area contributed by atoms with E-state index in [0.29, 0.717) is 59.7 Å². The molecule has 10 heteroatoms. The second-order valence-corrected chi connectivity index (χ2v) is 9.25. The topological polar surface area (TPSA) is 81.5 Å². The molecule has 1 aliphatic heterocycles. The maximum Gasteiger partial charge on any atom is 0.277 e. The minimum Gasteiger partial charge on any atom is -0.497 e. The molecule has 2 aromatic heterocycles. The van der Waals surface area contributed by atoms with E-state index in [2.05, 4.69) is 15.2 Å². The predicted octanol–water partition coefficient (Wildman–Crippen LogP) is 4.32. The van der Waals surface area contributed by atoms with Gasteiger partial charge >= 0.3 is 0 Å². The zero-order chi connectivity index (χ0) is 24.2. The number of aromatic nitrogens is 3. The lowest BCUT2D eigenvalue weighted by Crippen LogP contribution is -2.38. The summed E-state index contributed by atoms with van der Waals surface area (Å²) in [5.41, 5.74) is 1.82. The summed E-state index contributed by atoms with van der Waals surface area (Å²) in [5.74, 6) is 1.21. The molecule has 8 nitrogen and oxygen atoms in total. The summed E-state index contributed by atoms with van der Waals surface area (Å²) >= 11 is 8.14. The number of hydrogen-bond donors (Lipinski definition) is 1. The van der Waals surface area contributed by atoms with Gasteiger partial charge in [-0.25, -0.2) is 9.97 Å². The standard InChI is InChI=1S/C24H30ClN5O3S/c1-5-18-21(27-19-13-29(14-20(19)33-7-3)24-26-10-11-34-24)23(31)30(6-2)22(28-18)16-9-8-15(32-4)12-17(16)25/h8-12,19-20,27H,5-7,13-14H2,1-4H3/t19-,20+/m1/s1. The Morgan fingerprint density at radius 1 is 1.26 bits per heavy atom. The zero-order valence-electron chi connectivity index (χ0n) is 19.9. The minimum atomic E-state index is -0.112. The largest absolute Gasteiger partial charge is 0.497 e. The Bertz CT molecular complexity index is 1180. The van der Waals surface area contributed by atoms with Crippen LogP contribution in [0, 0.1) is 0 Å². The predicted molar refractivity (Wildman–Crippen MR) is 138 cm³/mol. The third-order valence-corrected chi connectivity index (χ3v) is 7.12. The number of methoxy groups -OCH3 is 1. The lowest BCUT2D eigenvalue weighted by Gasteiger charge is -2.23. The Balaban J connectivity index is 1.72. The molecule has 0 unspecified atom stereocenters. The Labute approximate surface area is 208 Å². The van der Waals surface area contributed by atoms with Crippen molar-refractivity contribution in [2.75, 3.05) is 37.0 Å². The van der Waals surface area contributed by atoms with Gasteiger partial charge in [0.25, 0.3) is 5.56 Å². The van der Waals surface area contributed by atoms with E-state index in [9.17, 15) is 4.79 Å². The molecule has 0 radical (unpaired) electrons. The van der Waals surface area contributed by atoms with Crippen LogP contribution in [0.3, 0.4) is 0 Å². The van der Waals surface area contributed by atoms with Gasteiger partial charge in [-0.1, -0.05) is 18.5 Å². The first-order chi connectivity index (χ1) is 16.5. The van der Waals surface area contributed by atoms with E-state index in [1.807, 2.05) is 38.3 Å². The van der Waals surface area contributed by atoms with Crippen molar-refractivity contribution >= 4 is 33.8 Å². The number of nitrogens with zero attached hydrogens (tertiary/aromatic N) is 4. The van der Waals surface area contributed by atoms with Crippen molar-refractivity contribution in [2.24, 2.45) is 0 Å². The van der Waals surface area contributed by atoms with Gasteiger partial charge in [0, 0.05) is 43.4 Å². The number of thiazole rings is 1. The quantitative estimate of drug-likeness (QED) is 0.465. The van der Waals surface area contributed by atoms with Gasteiger partial charge in [-0.15, -0.1) is 11.3 Å². The number of anilines is 2. The van der Waals surface area contributed by atoms with Crippen molar-refractivity contribution in [1.29, 1.82) is 0 Å². The Morgan fingerprint density at radius 2 is 2.09 bits per heavy atom. The highest BCUT2D eigenvalue weighted by Gasteiger charge is 2.35. The average Bonchev–Trinajstić information content (AvgIpc) is 3.51. The highest BCUT2D eigenvalue weighted by atomic mass is 35.5. The molecule has 0 spiro atoms. The monoisotopic (exact) mass is 503 g/mol. The second-order valence-electron chi connectivity index (χ2n) is 7.97. The van der Waals surface area contributed by atoms with Gasteiger partial charge in [0.1, 0.15) is 17.3 Å². The van der Waals surface area contributed by atoms with Crippen LogP contribution in [0.4, 0.5) is 10.8 Å². The Morgan fingerprint density at radius 3 is 2.71 bits per heavy atom. The minimum absolute atomic E-state index is 0.0654. The van der Waals surface area contributed by atoms with E-state index in [1.54, 1.807) is 35.3 Å². The van der Waals surface area contributed by atoms with Crippen LogP contribution in [0.2, 0.25) is 5.02 Å². The maximum absolute atomic E-state index is 13.7. The molecule has 2 atom stereocenters. The van der Waals surface area contributed by atoms with Crippen molar-refractivity contribution in [1.82, 2.24) is 14.5 Å². The molecule has 1 aromatic carbocycles. The number of nitrogens with one attached hydrogen (secondary N) is 1. The number of aryl methyl sites for hydroxylation is 1. The first-order valence-corrected chi connectivity index (χ1v) is 12.8. The molecule has 34 heavy (non-hydrogen) atoms. The number of benzene rings is 1. The van der Waals surface area contributed by atoms with Gasteiger partial charge < -0.3 is 19.7 Å². The van der Waals surface area contributed by atoms with Crippen LogP contribution in [0.5, 0.6) is 5.75 Å². The first kappa shape index (κ1) is 24.5. The summed E-state index contributed by atoms with van der Waals surface area (Å²) in [7, 11) is 1.59. The van der Waals surface area contributed by atoms with Crippen LogP contribution in [0.15, 0.2) is 34.6 Å². The summed E-state index contributed by atoms with van der Waals surface area (Å²) < 4.78 is 13.0. The third kappa shape index (κ3) is 4.78. The third-order valence-electron chi connectivity index (χ3n) is 5.98.